The molecule has 21 heavy (non-hydrogen) atoms. The molecule has 0 saturated carbocycles. The van der Waals surface area contributed by atoms with Gasteiger partial charge in [-0.2, -0.15) is 0 Å². The topological polar surface area (TPSA) is 104 Å². The third-order valence-electron chi connectivity index (χ3n) is 3.58. The smallest absolute Gasteiger partial charge is 0.526 e. The zero-order chi connectivity index (χ0) is 15.8. The summed E-state index contributed by atoms with van der Waals surface area (Å²) in [5, 5.41) is 28.5. The second-order valence-electron chi connectivity index (χ2n) is 5.47. The number of carbonyl (C=O) groups excluding carboxylic acids is 2. The van der Waals surface area contributed by atoms with Crippen LogP contribution in [0.5, 0.6) is 5.75 Å². The first kappa shape index (κ1) is 15.7. The fraction of sp³-hybridized carbons (Fsp3) is 0.429. The molecule has 0 radical (unpaired) electrons. The van der Waals surface area contributed by atoms with E-state index < -0.39 is 24.5 Å². The molecule has 7 heteroatoms. The van der Waals surface area contributed by atoms with Crippen LogP contribution in [0.1, 0.15) is 36.2 Å². The van der Waals surface area contributed by atoms with Gasteiger partial charge >= 0.3 is 7.12 Å². The Morgan fingerprint density at radius 2 is 2.10 bits per heavy atom. The van der Waals surface area contributed by atoms with Gasteiger partial charge in [0.1, 0.15) is 5.75 Å². The predicted octanol–water partition coefficient (Wildman–Crippen LogP) is 0.335. The molecular weight excluding hydrogens is 275 g/mol. The molecule has 0 unspecified atom stereocenters. The fourth-order valence-corrected chi connectivity index (χ4v) is 2.37. The maximum absolute atomic E-state index is 11.6. The van der Waals surface area contributed by atoms with E-state index in [4.69, 9.17) is 4.65 Å². The number of para-hydroxylation sites is 1. The van der Waals surface area contributed by atoms with Crippen LogP contribution in [-0.4, -0.2) is 39.7 Å². The van der Waals surface area contributed by atoms with Crippen molar-refractivity contribution in [2.45, 2.75) is 38.3 Å². The van der Waals surface area contributed by atoms with E-state index in [9.17, 15) is 24.8 Å². The van der Waals surface area contributed by atoms with E-state index in [1.54, 1.807) is 18.2 Å². The van der Waals surface area contributed by atoms with Gasteiger partial charge < -0.3 is 19.9 Å². The summed E-state index contributed by atoms with van der Waals surface area (Å²) in [6.45, 7) is 2.39. The van der Waals surface area contributed by atoms with Crippen LogP contribution >= 0.6 is 0 Å². The Morgan fingerprint density at radius 3 is 2.67 bits per heavy atom. The molecule has 0 aliphatic carbocycles. The molecule has 1 aromatic carbocycles. The zero-order valence-electron chi connectivity index (χ0n) is 11.9. The van der Waals surface area contributed by atoms with E-state index in [1.165, 1.54) is 6.92 Å². The van der Waals surface area contributed by atoms with Gasteiger partial charge in [0, 0.05) is 12.2 Å². The number of hydrogen-bond acceptors (Lipinski definition) is 6. The van der Waals surface area contributed by atoms with Crippen molar-refractivity contribution < 1.29 is 29.5 Å². The van der Waals surface area contributed by atoms with Crippen LogP contribution in [0.25, 0.3) is 0 Å². The van der Waals surface area contributed by atoms with Crippen molar-refractivity contribution >= 4 is 18.7 Å². The molecule has 0 amide bonds. The maximum Gasteiger partial charge on any atom is 0.526 e. The number of Topliss-reactive ketones (excluding diaryl/α,β-unsaturated/α-hetero) is 2. The second-order valence-corrected chi connectivity index (χ2v) is 5.47. The highest BCUT2D eigenvalue weighted by atomic mass is 16.5. The highest BCUT2D eigenvalue weighted by Gasteiger charge is 2.40. The largest absolute Gasteiger partial charge is 0.535 e. The minimum atomic E-state index is -2.43. The second kappa shape index (κ2) is 5.59. The van der Waals surface area contributed by atoms with E-state index in [0.29, 0.717) is 23.3 Å². The molecular formula is C14H17BO6. The number of fused-ring (bicyclic) bond motifs is 1. The number of hydrogen-bond donors (Lipinski definition) is 3. The molecule has 1 atom stereocenters. The van der Waals surface area contributed by atoms with Gasteiger partial charge in [-0.3, -0.25) is 9.59 Å². The Hall–Kier alpha value is -1.70. The lowest BCUT2D eigenvalue weighted by molar-refractivity contribution is -0.175. The molecule has 1 aliphatic rings. The van der Waals surface area contributed by atoms with E-state index in [0.717, 1.165) is 6.92 Å². The molecule has 0 saturated heterocycles. The molecule has 3 N–H and O–H groups in total. The first-order chi connectivity index (χ1) is 9.70. The quantitative estimate of drug-likeness (QED) is 0.420. The zero-order valence-corrected chi connectivity index (χ0v) is 11.9. The maximum atomic E-state index is 11.6. The van der Waals surface area contributed by atoms with Crippen LogP contribution < -0.4 is 4.65 Å². The summed E-state index contributed by atoms with van der Waals surface area (Å²) < 4.78 is 5.37. The Bertz CT molecular complexity index is 577. The van der Waals surface area contributed by atoms with Crippen LogP contribution in [-0.2, 0) is 11.2 Å². The van der Waals surface area contributed by atoms with Crippen molar-refractivity contribution in [1.82, 2.24) is 0 Å². The summed E-state index contributed by atoms with van der Waals surface area (Å²) in [4.78, 5) is 23.2. The lowest BCUT2D eigenvalue weighted by atomic mass is 9.64. The number of aliphatic hydroxyl groups is 2. The van der Waals surface area contributed by atoms with Gasteiger partial charge in [-0.05, 0) is 31.9 Å². The highest BCUT2D eigenvalue weighted by molar-refractivity contribution is 6.47. The van der Waals surface area contributed by atoms with E-state index in [2.05, 4.69) is 0 Å². The monoisotopic (exact) mass is 292 g/mol. The van der Waals surface area contributed by atoms with Gasteiger partial charge in [-0.25, -0.2) is 0 Å². The van der Waals surface area contributed by atoms with E-state index in [1.807, 2.05) is 0 Å². The van der Waals surface area contributed by atoms with Crippen LogP contribution in [0.3, 0.4) is 0 Å². The van der Waals surface area contributed by atoms with Crippen molar-refractivity contribution in [1.29, 1.82) is 0 Å². The van der Waals surface area contributed by atoms with Crippen molar-refractivity contribution in [2.24, 2.45) is 0 Å². The Labute approximate surface area is 122 Å². The van der Waals surface area contributed by atoms with Crippen molar-refractivity contribution in [3.63, 3.8) is 0 Å². The summed E-state index contributed by atoms with van der Waals surface area (Å²) in [6.07, 6.45) is 0.0911. The minimum Gasteiger partial charge on any atom is -0.535 e. The van der Waals surface area contributed by atoms with Crippen molar-refractivity contribution in [3.05, 3.63) is 29.3 Å². The summed E-state index contributed by atoms with van der Waals surface area (Å²) in [7, 11) is -1.27. The molecule has 112 valence electrons. The summed E-state index contributed by atoms with van der Waals surface area (Å²) >= 11 is 0. The molecule has 1 heterocycles. The first-order valence-corrected chi connectivity index (χ1v) is 6.65. The lowest BCUT2D eigenvalue weighted by Crippen LogP contribution is -2.40. The third kappa shape index (κ3) is 3.32. The summed E-state index contributed by atoms with van der Waals surface area (Å²) in [5.41, 5.74) is 1.09. The average molecular weight is 292 g/mol. The molecule has 0 fully saturated rings. The molecule has 0 spiro atoms. The van der Waals surface area contributed by atoms with Crippen molar-refractivity contribution in [2.75, 3.05) is 0 Å². The molecule has 6 nitrogen and oxygen atoms in total. The van der Waals surface area contributed by atoms with Gasteiger partial charge in [0.2, 0.25) is 5.79 Å². The van der Waals surface area contributed by atoms with E-state index >= 15 is 0 Å². The number of benzene rings is 1. The average Bonchev–Trinajstić information content (AvgIpc) is 2.37. The number of carbonyl (C=O) groups is 2. The SMILES string of the molecule is CC(=O)c1cccc2c1OB(O)[C@@H](CC(=O)C(C)(O)O)C2. The van der Waals surface area contributed by atoms with Gasteiger partial charge in [-0.15, -0.1) is 0 Å². The van der Waals surface area contributed by atoms with Gasteiger partial charge in [0.25, 0.3) is 0 Å². The first-order valence-electron chi connectivity index (χ1n) is 6.65. The summed E-state index contributed by atoms with van der Waals surface area (Å²) in [6, 6.07) is 5.07. The van der Waals surface area contributed by atoms with Crippen LogP contribution in [0.15, 0.2) is 18.2 Å². The van der Waals surface area contributed by atoms with Gasteiger partial charge in [0.05, 0.1) is 5.56 Å². The van der Waals surface area contributed by atoms with Crippen LogP contribution in [0.2, 0.25) is 5.82 Å². The standard InChI is InChI=1S/C14H17BO6/c1-8(16)11-5-3-4-9-6-10(15(20)21-13(9)11)7-12(17)14(2,18)19/h3-5,10,18-20H,6-7H2,1-2H3/t10-/m1/s1. The van der Waals surface area contributed by atoms with Gasteiger partial charge in [0.15, 0.2) is 11.6 Å². The van der Waals surface area contributed by atoms with Gasteiger partial charge in [-0.1, -0.05) is 12.1 Å². The Kier molecular flexibility index (Phi) is 4.18. The predicted molar refractivity (Wildman–Crippen MR) is 75.0 cm³/mol. The van der Waals surface area contributed by atoms with E-state index in [-0.39, 0.29) is 12.2 Å². The number of ketones is 2. The molecule has 2 rings (SSSR count). The Balaban J connectivity index is 2.24. The fourth-order valence-electron chi connectivity index (χ4n) is 2.37. The third-order valence-corrected chi connectivity index (χ3v) is 3.58. The lowest BCUT2D eigenvalue weighted by Gasteiger charge is -2.29. The normalized spacial score (nSPS) is 18.0. The Morgan fingerprint density at radius 1 is 1.43 bits per heavy atom. The molecule has 0 aromatic heterocycles. The molecule has 0 bridgehead atoms. The van der Waals surface area contributed by atoms with Crippen molar-refractivity contribution in [3.8, 4) is 5.75 Å². The molecule has 1 aliphatic heterocycles. The van der Waals surface area contributed by atoms with Crippen LogP contribution in [0.4, 0.5) is 0 Å². The molecule has 1 aromatic rings. The highest BCUT2D eigenvalue weighted by Crippen LogP contribution is 2.36. The van der Waals surface area contributed by atoms with Crippen LogP contribution in [0, 0.1) is 0 Å². The number of rotatable bonds is 4. The minimum absolute atomic E-state index is 0.174. The summed E-state index contributed by atoms with van der Waals surface area (Å²) in [5.74, 6) is -3.66.